The minimum Gasteiger partial charge on any atom is -0.468 e. The van der Waals surface area contributed by atoms with Crippen LogP contribution in [0.5, 0.6) is 0 Å². The predicted molar refractivity (Wildman–Crippen MR) is 65.5 cm³/mol. The molecule has 1 atom stereocenters. The Labute approximate surface area is 102 Å². The maximum absolute atomic E-state index is 11.8. The molecule has 0 fully saturated rings. The van der Waals surface area contributed by atoms with Gasteiger partial charge in [0, 0.05) is 12.6 Å². The number of aromatic nitrogens is 2. The van der Waals surface area contributed by atoms with Gasteiger partial charge < -0.3 is 9.30 Å². The van der Waals surface area contributed by atoms with E-state index in [9.17, 15) is 4.79 Å². The molecule has 0 aliphatic carbocycles. The summed E-state index contributed by atoms with van der Waals surface area (Å²) in [5.41, 5.74) is 0.854. The molecular weight excluding hydrogens is 218 g/mol. The number of esters is 1. The van der Waals surface area contributed by atoms with Crippen molar-refractivity contribution in [3.05, 3.63) is 18.2 Å². The minimum atomic E-state index is -0.450. The third-order valence-electron chi connectivity index (χ3n) is 2.44. The van der Waals surface area contributed by atoms with Crippen molar-refractivity contribution in [2.75, 3.05) is 7.11 Å². The molecule has 0 bridgehead atoms. The van der Waals surface area contributed by atoms with Crippen molar-refractivity contribution < 1.29 is 9.53 Å². The SMILES string of the molecule is CCCn1cncc1C(NC(C)C)C(=O)OC. The Morgan fingerprint density at radius 2 is 2.29 bits per heavy atom. The van der Waals surface area contributed by atoms with Crippen LogP contribution in [0.15, 0.2) is 12.5 Å². The molecule has 5 nitrogen and oxygen atoms in total. The zero-order chi connectivity index (χ0) is 12.8. The molecule has 0 saturated carbocycles. The van der Waals surface area contributed by atoms with Gasteiger partial charge in [0.1, 0.15) is 6.04 Å². The summed E-state index contributed by atoms with van der Waals surface area (Å²) in [6, 6.07) is -0.252. The Bertz CT molecular complexity index is 360. The Morgan fingerprint density at radius 3 is 2.82 bits per heavy atom. The lowest BCUT2D eigenvalue weighted by molar-refractivity contribution is -0.143. The Kier molecular flexibility index (Phi) is 5.15. The highest BCUT2D eigenvalue weighted by Gasteiger charge is 2.25. The summed E-state index contributed by atoms with van der Waals surface area (Å²) in [4.78, 5) is 15.9. The van der Waals surface area contributed by atoms with Gasteiger partial charge in [0.2, 0.25) is 0 Å². The second-order valence-electron chi connectivity index (χ2n) is 4.29. The lowest BCUT2D eigenvalue weighted by Crippen LogP contribution is -2.35. The fraction of sp³-hybridized carbons (Fsp3) is 0.667. The van der Waals surface area contributed by atoms with E-state index in [0.717, 1.165) is 18.7 Å². The summed E-state index contributed by atoms with van der Waals surface area (Å²) in [6.07, 6.45) is 4.46. The van der Waals surface area contributed by atoms with Crippen molar-refractivity contribution >= 4 is 5.97 Å². The van der Waals surface area contributed by atoms with Gasteiger partial charge in [0.05, 0.1) is 25.3 Å². The zero-order valence-electron chi connectivity index (χ0n) is 10.9. The first kappa shape index (κ1) is 13.7. The minimum absolute atomic E-state index is 0.198. The van der Waals surface area contributed by atoms with Crippen LogP contribution in [-0.2, 0) is 16.1 Å². The first-order chi connectivity index (χ1) is 8.10. The lowest BCUT2D eigenvalue weighted by atomic mass is 10.2. The fourth-order valence-electron chi connectivity index (χ4n) is 1.72. The quantitative estimate of drug-likeness (QED) is 0.764. The van der Waals surface area contributed by atoms with Crippen molar-refractivity contribution in [3.8, 4) is 0 Å². The Hall–Kier alpha value is -1.36. The van der Waals surface area contributed by atoms with Gasteiger partial charge in [-0.1, -0.05) is 6.92 Å². The molecule has 1 unspecified atom stereocenters. The molecule has 17 heavy (non-hydrogen) atoms. The van der Waals surface area contributed by atoms with Crippen molar-refractivity contribution in [1.82, 2.24) is 14.9 Å². The van der Waals surface area contributed by atoms with Gasteiger partial charge in [0.25, 0.3) is 0 Å². The maximum atomic E-state index is 11.8. The molecule has 0 saturated heterocycles. The van der Waals surface area contributed by atoms with Crippen molar-refractivity contribution in [2.45, 2.75) is 45.8 Å². The summed E-state index contributed by atoms with van der Waals surface area (Å²) in [5, 5.41) is 3.20. The number of methoxy groups -OCH3 is 1. The van der Waals surface area contributed by atoms with Crippen LogP contribution in [0.25, 0.3) is 0 Å². The van der Waals surface area contributed by atoms with E-state index in [1.54, 1.807) is 12.5 Å². The van der Waals surface area contributed by atoms with E-state index in [1.165, 1.54) is 7.11 Å². The summed E-state index contributed by atoms with van der Waals surface area (Å²) in [5.74, 6) is -0.281. The van der Waals surface area contributed by atoms with Crippen molar-refractivity contribution in [2.24, 2.45) is 0 Å². The first-order valence-corrected chi connectivity index (χ1v) is 5.94. The Morgan fingerprint density at radius 1 is 1.59 bits per heavy atom. The third kappa shape index (κ3) is 3.56. The van der Waals surface area contributed by atoms with E-state index >= 15 is 0 Å². The smallest absolute Gasteiger partial charge is 0.329 e. The second kappa shape index (κ2) is 6.39. The number of rotatable bonds is 6. The molecule has 0 aliphatic heterocycles. The normalized spacial score (nSPS) is 12.8. The maximum Gasteiger partial charge on any atom is 0.329 e. The van der Waals surface area contributed by atoms with Gasteiger partial charge in [0.15, 0.2) is 0 Å². The standard InChI is InChI=1S/C12H21N3O2/c1-5-6-15-8-13-7-10(15)11(12(16)17-4)14-9(2)3/h7-9,11,14H,5-6H2,1-4H3. The number of nitrogens with one attached hydrogen (secondary N) is 1. The van der Waals surface area contributed by atoms with Gasteiger partial charge >= 0.3 is 5.97 Å². The highest BCUT2D eigenvalue weighted by Crippen LogP contribution is 2.15. The molecule has 0 aliphatic rings. The lowest BCUT2D eigenvalue weighted by Gasteiger charge is -2.20. The second-order valence-corrected chi connectivity index (χ2v) is 4.29. The molecule has 1 rings (SSSR count). The van der Waals surface area contributed by atoms with Crippen LogP contribution in [-0.4, -0.2) is 28.7 Å². The van der Waals surface area contributed by atoms with Gasteiger partial charge in [-0.05, 0) is 20.3 Å². The van der Waals surface area contributed by atoms with Crippen LogP contribution in [0.3, 0.4) is 0 Å². The number of ether oxygens (including phenoxy) is 1. The van der Waals surface area contributed by atoms with E-state index in [4.69, 9.17) is 4.74 Å². The predicted octanol–water partition coefficient (Wildman–Crippen LogP) is 1.51. The number of carbonyl (C=O) groups is 1. The topological polar surface area (TPSA) is 56.2 Å². The van der Waals surface area contributed by atoms with Crippen LogP contribution < -0.4 is 5.32 Å². The number of hydrogen-bond donors (Lipinski definition) is 1. The number of hydrogen-bond acceptors (Lipinski definition) is 4. The number of nitrogens with zero attached hydrogens (tertiary/aromatic N) is 2. The van der Waals surface area contributed by atoms with Crippen LogP contribution >= 0.6 is 0 Å². The largest absolute Gasteiger partial charge is 0.468 e. The molecule has 0 amide bonds. The highest BCUT2D eigenvalue weighted by atomic mass is 16.5. The molecule has 96 valence electrons. The van der Waals surface area contributed by atoms with Gasteiger partial charge in [-0.3, -0.25) is 5.32 Å². The summed E-state index contributed by atoms with van der Waals surface area (Å²) in [6.45, 7) is 6.93. The van der Waals surface area contributed by atoms with E-state index in [0.29, 0.717) is 0 Å². The van der Waals surface area contributed by atoms with Gasteiger partial charge in [-0.15, -0.1) is 0 Å². The summed E-state index contributed by atoms with van der Waals surface area (Å²) >= 11 is 0. The number of aryl methyl sites for hydroxylation is 1. The van der Waals surface area contributed by atoms with E-state index < -0.39 is 6.04 Å². The first-order valence-electron chi connectivity index (χ1n) is 5.94. The molecule has 0 aromatic carbocycles. The average molecular weight is 239 g/mol. The molecule has 1 N–H and O–H groups in total. The van der Waals surface area contributed by atoms with Gasteiger partial charge in [-0.25, -0.2) is 9.78 Å². The Balaban J connectivity index is 2.95. The third-order valence-corrected chi connectivity index (χ3v) is 2.44. The molecule has 5 heteroatoms. The highest BCUT2D eigenvalue weighted by molar-refractivity contribution is 5.76. The van der Waals surface area contributed by atoms with E-state index in [2.05, 4.69) is 17.2 Å². The molecular formula is C12H21N3O2. The zero-order valence-corrected chi connectivity index (χ0v) is 10.9. The van der Waals surface area contributed by atoms with Crippen LogP contribution in [0.2, 0.25) is 0 Å². The number of carbonyl (C=O) groups excluding carboxylic acids is 1. The summed E-state index contributed by atoms with van der Waals surface area (Å²) in [7, 11) is 1.40. The molecule has 0 spiro atoms. The van der Waals surface area contributed by atoms with Crippen LogP contribution in [0.4, 0.5) is 0 Å². The molecule has 1 aromatic rings. The van der Waals surface area contributed by atoms with Crippen LogP contribution in [0, 0.1) is 0 Å². The summed E-state index contributed by atoms with van der Waals surface area (Å²) < 4.78 is 6.81. The number of imidazole rings is 1. The van der Waals surface area contributed by atoms with Crippen molar-refractivity contribution in [1.29, 1.82) is 0 Å². The van der Waals surface area contributed by atoms with E-state index in [1.807, 2.05) is 18.4 Å². The van der Waals surface area contributed by atoms with Crippen molar-refractivity contribution in [3.63, 3.8) is 0 Å². The van der Waals surface area contributed by atoms with Crippen LogP contribution in [0.1, 0.15) is 38.9 Å². The molecule has 1 aromatic heterocycles. The van der Waals surface area contributed by atoms with Gasteiger partial charge in [-0.2, -0.15) is 0 Å². The fourth-order valence-corrected chi connectivity index (χ4v) is 1.72. The molecule has 0 radical (unpaired) electrons. The average Bonchev–Trinajstić information content (AvgIpc) is 2.73. The van der Waals surface area contributed by atoms with E-state index in [-0.39, 0.29) is 12.0 Å². The monoisotopic (exact) mass is 239 g/mol. The molecule has 1 heterocycles.